The van der Waals surface area contributed by atoms with Crippen molar-refractivity contribution in [3.63, 3.8) is 0 Å². The fourth-order valence-electron chi connectivity index (χ4n) is 2.51. The third-order valence-corrected chi connectivity index (χ3v) is 3.95. The molecule has 1 amide bonds. The summed E-state index contributed by atoms with van der Waals surface area (Å²) in [4.78, 5) is 30.5. The van der Waals surface area contributed by atoms with E-state index < -0.39 is 5.91 Å². The number of rotatable bonds is 2. The van der Waals surface area contributed by atoms with Crippen molar-refractivity contribution in [2.45, 2.75) is 6.92 Å². The largest absolute Gasteiger partial charge is 0.370 e. The second-order valence-electron chi connectivity index (χ2n) is 5.05. The minimum Gasteiger partial charge on any atom is -0.370 e. The monoisotopic (exact) mass is 384 g/mol. The predicted molar refractivity (Wildman–Crippen MR) is 97.8 cm³/mol. The van der Waals surface area contributed by atoms with Crippen LogP contribution in [0.5, 0.6) is 0 Å². The van der Waals surface area contributed by atoms with Crippen molar-refractivity contribution in [3.05, 3.63) is 44.8 Å². The lowest BCUT2D eigenvalue weighted by atomic mass is 10.0. The van der Waals surface area contributed by atoms with Gasteiger partial charge in [-0.15, -0.1) is 0 Å². The molecule has 0 aliphatic carbocycles. The first kappa shape index (κ1) is 16.0. The molecule has 3 aromatic rings. The number of halogens is 1. The van der Waals surface area contributed by atoms with E-state index in [1.807, 2.05) is 25.1 Å². The van der Waals surface area contributed by atoms with Crippen LogP contribution in [0.15, 0.2) is 33.7 Å². The molecule has 0 atom stereocenters. The minimum atomic E-state index is -0.746. The molecule has 0 bridgehead atoms. The van der Waals surface area contributed by atoms with Gasteiger partial charge < -0.3 is 16.0 Å². The number of carbonyl (C=O) groups is 1. The summed E-state index contributed by atoms with van der Waals surface area (Å²) in [5.41, 5.74) is 5.67. The van der Waals surface area contributed by atoms with Crippen LogP contribution in [-0.4, -0.2) is 22.4 Å². The molecule has 120 valence electrons. The zero-order chi connectivity index (χ0) is 17.3. The topological polar surface area (TPSA) is 101 Å². The van der Waals surface area contributed by atoms with Crippen molar-refractivity contribution >= 4 is 49.3 Å². The molecule has 0 unspecified atom stereocenters. The standard InChI is InChI=1S/C17H13BrN4O2/c1-2-20-16-11-5-4-10(18)7-12(11)14-15(22-16)9(3-6-13(19)23)8-21-17(14)24/h4-5,7-8H,2H2,1H3,(H2,19,23)(H,20,22)(H,21,24). The Bertz CT molecular complexity index is 1090. The van der Waals surface area contributed by atoms with Gasteiger partial charge in [0.1, 0.15) is 5.82 Å². The van der Waals surface area contributed by atoms with Crippen LogP contribution in [-0.2, 0) is 4.79 Å². The summed E-state index contributed by atoms with van der Waals surface area (Å²) < 4.78 is 0.845. The third kappa shape index (κ3) is 2.84. The van der Waals surface area contributed by atoms with Crippen molar-refractivity contribution in [3.8, 4) is 11.8 Å². The number of nitrogens with one attached hydrogen (secondary N) is 2. The number of aromatic nitrogens is 2. The Labute approximate surface area is 145 Å². The molecule has 0 aliphatic heterocycles. The number of H-pyrrole nitrogens is 1. The van der Waals surface area contributed by atoms with Crippen molar-refractivity contribution in [2.75, 3.05) is 11.9 Å². The van der Waals surface area contributed by atoms with E-state index in [1.54, 1.807) is 0 Å². The van der Waals surface area contributed by atoms with Gasteiger partial charge in [-0.05, 0) is 25.1 Å². The fraction of sp³-hybridized carbons (Fsp3) is 0.118. The molecule has 0 spiro atoms. The maximum absolute atomic E-state index is 12.4. The van der Waals surface area contributed by atoms with Crippen LogP contribution in [0.2, 0.25) is 0 Å². The zero-order valence-electron chi connectivity index (χ0n) is 12.7. The minimum absolute atomic E-state index is 0.270. The van der Waals surface area contributed by atoms with Gasteiger partial charge >= 0.3 is 0 Å². The molecule has 3 rings (SSSR count). The molecule has 6 nitrogen and oxygen atoms in total. The number of pyridine rings is 2. The Hall–Kier alpha value is -2.85. The Morgan fingerprint density at radius 1 is 1.42 bits per heavy atom. The average Bonchev–Trinajstić information content (AvgIpc) is 2.54. The van der Waals surface area contributed by atoms with E-state index in [9.17, 15) is 9.59 Å². The van der Waals surface area contributed by atoms with E-state index >= 15 is 0 Å². The van der Waals surface area contributed by atoms with Gasteiger partial charge in [0.05, 0.1) is 16.5 Å². The van der Waals surface area contributed by atoms with Gasteiger partial charge in [0.25, 0.3) is 11.5 Å². The number of carbonyl (C=O) groups excluding carboxylic acids is 1. The van der Waals surface area contributed by atoms with Crippen LogP contribution in [0.1, 0.15) is 12.5 Å². The number of hydrogen-bond donors (Lipinski definition) is 3. The molecule has 0 fully saturated rings. The zero-order valence-corrected chi connectivity index (χ0v) is 14.3. The van der Waals surface area contributed by atoms with Gasteiger partial charge in [0.15, 0.2) is 0 Å². The smallest absolute Gasteiger partial charge is 0.293 e. The molecular formula is C17H13BrN4O2. The molecule has 4 N–H and O–H groups in total. The van der Waals surface area contributed by atoms with Gasteiger partial charge in [0, 0.05) is 33.9 Å². The number of hydrogen-bond acceptors (Lipinski definition) is 4. The van der Waals surface area contributed by atoms with Crippen molar-refractivity contribution in [2.24, 2.45) is 5.73 Å². The van der Waals surface area contributed by atoms with Gasteiger partial charge in [-0.2, -0.15) is 0 Å². The molecule has 0 saturated heterocycles. The lowest BCUT2D eigenvalue weighted by Crippen LogP contribution is -2.11. The second kappa shape index (κ2) is 6.34. The molecule has 0 radical (unpaired) electrons. The summed E-state index contributed by atoms with van der Waals surface area (Å²) in [5, 5.41) is 5.19. The number of amides is 1. The Kier molecular flexibility index (Phi) is 4.23. The maximum atomic E-state index is 12.4. The Morgan fingerprint density at radius 3 is 2.92 bits per heavy atom. The second-order valence-corrected chi connectivity index (χ2v) is 5.97. The summed E-state index contributed by atoms with van der Waals surface area (Å²) in [5.74, 6) is 4.86. The third-order valence-electron chi connectivity index (χ3n) is 3.46. The Balaban J connectivity index is 2.50. The first-order chi connectivity index (χ1) is 11.5. The molecule has 24 heavy (non-hydrogen) atoms. The lowest BCUT2D eigenvalue weighted by Gasteiger charge is -2.11. The Morgan fingerprint density at radius 2 is 2.21 bits per heavy atom. The summed E-state index contributed by atoms with van der Waals surface area (Å²) in [6, 6.07) is 5.65. The lowest BCUT2D eigenvalue weighted by molar-refractivity contribution is -0.112. The summed E-state index contributed by atoms with van der Waals surface area (Å²) in [6.07, 6.45) is 1.44. The highest BCUT2D eigenvalue weighted by atomic mass is 79.9. The first-order valence-electron chi connectivity index (χ1n) is 7.21. The number of nitrogens with two attached hydrogens (primary N) is 1. The average molecular weight is 385 g/mol. The summed E-state index contributed by atoms with van der Waals surface area (Å²) >= 11 is 3.43. The summed E-state index contributed by atoms with van der Waals surface area (Å²) in [7, 11) is 0. The van der Waals surface area contributed by atoms with Gasteiger partial charge in [-0.3, -0.25) is 9.59 Å². The van der Waals surface area contributed by atoms with Gasteiger partial charge in [-0.25, -0.2) is 4.98 Å². The highest BCUT2D eigenvalue weighted by molar-refractivity contribution is 9.10. The number of aromatic amines is 1. The fourth-order valence-corrected chi connectivity index (χ4v) is 2.88. The number of fused-ring (bicyclic) bond motifs is 3. The maximum Gasteiger partial charge on any atom is 0.293 e. The normalized spacial score (nSPS) is 10.4. The van der Waals surface area contributed by atoms with Crippen molar-refractivity contribution in [1.82, 2.24) is 9.97 Å². The van der Waals surface area contributed by atoms with E-state index in [1.165, 1.54) is 6.20 Å². The van der Waals surface area contributed by atoms with Crippen LogP contribution >= 0.6 is 15.9 Å². The van der Waals surface area contributed by atoms with E-state index in [2.05, 4.69) is 43.1 Å². The SMILES string of the molecule is CCNc1nc2c(C#CC(N)=O)c[nH]c(=O)c2c2cc(Br)ccc12. The van der Waals surface area contributed by atoms with E-state index in [4.69, 9.17) is 5.73 Å². The van der Waals surface area contributed by atoms with E-state index in [-0.39, 0.29) is 5.56 Å². The first-order valence-corrected chi connectivity index (χ1v) is 8.00. The molecule has 1 aromatic carbocycles. The number of primary amides is 1. The van der Waals surface area contributed by atoms with E-state index in [0.29, 0.717) is 28.8 Å². The molecule has 0 aliphatic rings. The molecule has 2 aromatic heterocycles. The van der Waals surface area contributed by atoms with Crippen LogP contribution in [0.3, 0.4) is 0 Å². The molecule has 2 heterocycles. The molecule has 0 saturated carbocycles. The van der Waals surface area contributed by atoms with Crippen LogP contribution in [0, 0.1) is 11.8 Å². The number of anilines is 1. The van der Waals surface area contributed by atoms with Crippen molar-refractivity contribution in [1.29, 1.82) is 0 Å². The van der Waals surface area contributed by atoms with Gasteiger partial charge in [-0.1, -0.05) is 21.9 Å². The highest BCUT2D eigenvalue weighted by Crippen LogP contribution is 2.30. The molecule has 7 heteroatoms. The van der Waals surface area contributed by atoms with Gasteiger partial charge in [0.2, 0.25) is 0 Å². The van der Waals surface area contributed by atoms with E-state index in [0.717, 1.165) is 15.2 Å². The van der Waals surface area contributed by atoms with Crippen LogP contribution in [0.25, 0.3) is 21.7 Å². The summed E-state index contributed by atoms with van der Waals surface area (Å²) in [6.45, 7) is 2.64. The van der Waals surface area contributed by atoms with Crippen LogP contribution < -0.4 is 16.6 Å². The quantitative estimate of drug-likeness (QED) is 0.465. The number of nitrogens with zero attached hydrogens (tertiary/aromatic N) is 1. The number of benzene rings is 1. The van der Waals surface area contributed by atoms with Crippen LogP contribution in [0.4, 0.5) is 5.82 Å². The predicted octanol–water partition coefficient (Wildman–Crippen LogP) is 2.11. The van der Waals surface area contributed by atoms with Crippen molar-refractivity contribution < 1.29 is 4.79 Å². The highest BCUT2D eigenvalue weighted by Gasteiger charge is 2.14. The molecular weight excluding hydrogens is 372 g/mol.